The monoisotopic (exact) mass is 274 g/mol. The molecule has 0 heterocycles. The Labute approximate surface area is 123 Å². The van der Waals surface area contributed by atoms with Crippen LogP contribution in [0.5, 0.6) is 0 Å². The summed E-state index contributed by atoms with van der Waals surface area (Å²) in [5.74, 6) is -0.458. The number of hydrogen-bond acceptors (Lipinski definition) is 2. The minimum absolute atomic E-state index is 0.458. The first-order valence-corrected chi connectivity index (χ1v) is 6.98. The number of rotatable bonds is 8. The van der Waals surface area contributed by atoms with Crippen molar-refractivity contribution >= 4 is 5.97 Å². The molecule has 0 aromatic rings. The molecule has 0 amide bonds. The van der Waals surface area contributed by atoms with Gasteiger partial charge in [-0.25, -0.2) is 4.79 Å². The van der Waals surface area contributed by atoms with E-state index >= 15 is 0 Å². The van der Waals surface area contributed by atoms with E-state index in [4.69, 9.17) is 4.74 Å². The van der Waals surface area contributed by atoms with Crippen LogP contribution in [0.25, 0.3) is 0 Å². The van der Waals surface area contributed by atoms with Crippen molar-refractivity contribution in [1.29, 1.82) is 0 Å². The Morgan fingerprint density at radius 2 is 1.75 bits per heavy atom. The van der Waals surface area contributed by atoms with E-state index in [-0.39, 0.29) is 0 Å². The summed E-state index contributed by atoms with van der Waals surface area (Å²) in [5, 5.41) is 0. The number of carbonyl (C=O) groups is 1. The second-order valence-corrected chi connectivity index (χ2v) is 5.09. The quantitative estimate of drug-likeness (QED) is 0.199. The smallest absolute Gasteiger partial charge is 0.335 e. The molecule has 0 unspecified atom stereocenters. The lowest BCUT2D eigenvalue weighted by Gasteiger charge is -1.99. The first kappa shape index (κ1) is 18.2. The molecule has 0 saturated heterocycles. The molecule has 0 bridgehead atoms. The topological polar surface area (TPSA) is 26.3 Å². The average molecular weight is 274 g/mol. The zero-order valence-corrected chi connectivity index (χ0v) is 13.2. The predicted molar refractivity (Wildman–Crippen MR) is 85.2 cm³/mol. The molecule has 0 spiro atoms. The molecule has 0 rings (SSSR count). The lowest BCUT2D eigenvalue weighted by atomic mass is 10.1. The van der Waals surface area contributed by atoms with E-state index in [0.717, 1.165) is 37.3 Å². The van der Waals surface area contributed by atoms with Crippen LogP contribution in [0.3, 0.4) is 0 Å². The zero-order chi connectivity index (χ0) is 15.4. The van der Waals surface area contributed by atoms with Crippen molar-refractivity contribution in [2.75, 3.05) is 0 Å². The molecule has 0 aliphatic heterocycles. The Bertz CT molecular complexity index is 440. The molecule has 0 fully saturated rings. The standard InChI is InChI=1S/C18H26O2/c1-6-18(19)20-14-13-17(5)12-8-11-16(4)10-7-9-15(2)3/h6,9,11,14H,1,7-8,10,12H2,2-5H3. The van der Waals surface area contributed by atoms with Crippen molar-refractivity contribution in [2.24, 2.45) is 0 Å². The number of ether oxygens (including phenoxy) is 1. The number of hydrogen-bond donors (Lipinski definition) is 0. The van der Waals surface area contributed by atoms with E-state index in [0.29, 0.717) is 0 Å². The van der Waals surface area contributed by atoms with Gasteiger partial charge in [0.15, 0.2) is 0 Å². The van der Waals surface area contributed by atoms with E-state index in [9.17, 15) is 4.79 Å². The van der Waals surface area contributed by atoms with Gasteiger partial charge in [0.05, 0.1) is 0 Å². The maximum absolute atomic E-state index is 10.8. The van der Waals surface area contributed by atoms with Gasteiger partial charge in [-0.15, -0.1) is 0 Å². The van der Waals surface area contributed by atoms with Crippen LogP contribution in [0.1, 0.15) is 53.4 Å². The third-order valence-corrected chi connectivity index (χ3v) is 2.75. The lowest BCUT2D eigenvalue weighted by molar-refractivity contribution is -0.132. The normalized spacial score (nSPS) is 10.3. The third-order valence-electron chi connectivity index (χ3n) is 2.75. The molecule has 2 nitrogen and oxygen atoms in total. The SMILES string of the molecule is C=CC(=O)OC=C=C(C)CCC=C(C)CCC=C(C)C. The lowest BCUT2D eigenvalue weighted by Crippen LogP contribution is -1.91. The molecule has 0 saturated carbocycles. The highest BCUT2D eigenvalue weighted by Crippen LogP contribution is 2.10. The van der Waals surface area contributed by atoms with Crippen LogP contribution in [-0.2, 0) is 9.53 Å². The molecule has 0 aromatic heterocycles. The van der Waals surface area contributed by atoms with Crippen LogP contribution in [-0.4, -0.2) is 5.97 Å². The van der Waals surface area contributed by atoms with Crippen LogP contribution >= 0.6 is 0 Å². The number of carbonyl (C=O) groups excluding carboxylic acids is 1. The summed E-state index contributed by atoms with van der Waals surface area (Å²) in [7, 11) is 0. The first-order valence-electron chi connectivity index (χ1n) is 6.98. The van der Waals surface area contributed by atoms with Gasteiger partial charge >= 0.3 is 5.97 Å². The van der Waals surface area contributed by atoms with Crippen LogP contribution < -0.4 is 0 Å². The molecule has 0 aliphatic rings. The Morgan fingerprint density at radius 1 is 1.10 bits per heavy atom. The van der Waals surface area contributed by atoms with Crippen molar-refractivity contribution in [3.05, 3.63) is 53.5 Å². The Hall–Kier alpha value is -1.79. The molecule has 110 valence electrons. The van der Waals surface area contributed by atoms with E-state index < -0.39 is 5.97 Å². The van der Waals surface area contributed by atoms with Gasteiger partial charge in [0.1, 0.15) is 6.26 Å². The highest BCUT2D eigenvalue weighted by molar-refractivity contribution is 5.81. The average Bonchev–Trinajstić information content (AvgIpc) is 2.38. The second-order valence-electron chi connectivity index (χ2n) is 5.09. The van der Waals surface area contributed by atoms with Crippen molar-refractivity contribution in [3.8, 4) is 0 Å². The highest BCUT2D eigenvalue weighted by atomic mass is 16.5. The molecule has 0 N–H and O–H groups in total. The van der Waals surface area contributed by atoms with E-state index in [1.807, 2.05) is 6.92 Å². The highest BCUT2D eigenvalue weighted by Gasteiger charge is 1.92. The summed E-state index contributed by atoms with van der Waals surface area (Å²) in [6, 6.07) is 0. The van der Waals surface area contributed by atoms with Gasteiger partial charge in [0.25, 0.3) is 0 Å². The summed E-state index contributed by atoms with van der Waals surface area (Å²) in [4.78, 5) is 10.8. The van der Waals surface area contributed by atoms with Gasteiger partial charge in [-0.05, 0) is 59.0 Å². The van der Waals surface area contributed by atoms with Gasteiger partial charge in [-0.2, -0.15) is 0 Å². The molecular formula is C18H26O2. The fourth-order valence-electron chi connectivity index (χ4n) is 1.53. The van der Waals surface area contributed by atoms with Crippen LogP contribution in [0.2, 0.25) is 0 Å². The Balaban J connectivity index is 4.08. The maximum atomic E-state index is 10.8. The van der Waals surface area contributed by atoms with Crippen molar-refractivity contribution in [2.45, 2.75) is 53.4 Å². The van der Waals surface area contributed by atoms with Crippen LogP contribution in [0, 0.1) is 0 Å². The largest absolute Gasteiger partial charge is 0.423 e. The predicted octanol–water partition coefficient (Wildman–Crippen LogP) is 5.25. The van der Waals surface area contributed by atoms with Gasteiger partial charge in [0, 0.05) is 6.08 Å². The maximum Gasteiger partial charge on any atom is 0.335 e. The first-order chi connectivity index (χ1) is 9.45. The van der Waals surface area contributed by atoms with Gasteiger partial charge in [-0.3, -0.25) is 0 Å². The minimum atomic E-state index is -0.458. The van der Waals surface area contributed by atoms with E-state index in [1.54, 1.807) is 0 Å². The summed E-state index contributed by atoms with van der Waals surface area (Å²) in [5.41, 5.74) is 6.79. The Kier molecular flexibility index (Phi) is 10.1. The molecule has 0 radical (unpaired) electrons. The fraction of sp³-hybridized carbons (Fsp3) is 0.444. The molecular weight excluding hydrogens is 248 g/mol. The summed E-state index contributed by atoms with van der Waals surface area (Å²) >= 11 is 0. The van der Waals surface area contributed by atoms with Crippen molar-refractivity contribution in [3.63, 3.8) is 0 Å². The summed E-state index contributed by atoms with van der Waals surface area (Å²) in [6.07, 6.45) is 11.1. The van der Waals surface area contributed by atoms with Crippen molar-refractivity contribution in [1.82, 2.24) is 0 Å². The molecule has 2 heteroatoms. The third kappa shape index (κ3) is 11.3. The van der Waals surface area contributed by atoms with Gasteiger partial charge in [-0.1, -0.05) is 35.6 Å². The molecule has 20 heavy (non-hydrogen) atoms. The van der Waals surface area contributed by atoms with E-state index in [2.05, 4.69) is 45.2 Å². The molecule has 0 aromatic carbocycles. The van der Waals surface area contributed by atoms with Crippen LogP contribution in [0.15, 0.2) is 53.5 Å². The zero-order valence-electron chi connectivity index (χ0n) is 13.2. The van der Waals surface area contributed by atoms with Gasteiger partial charge < -0.3 is 4.74 Å². The number of esters is 1. The second kappa shape index (κ2) is 11.1. The summed E-state index contributed by atoms with van der Waals surface area (Å²) < 4.78 is 4.73. The molecule has 0 atom stereocenters. The summed E-state index contributed by atoms with van der Waals surface area (Å²) in [6.45, 7) is 11.7. The fourth-order valence-corrected chi connectivity index (χ4v) is 1.53. The van der Waals surface area contributed by atoms with Crippen LogP contribution in [0.4, 0.5) is 0 Å². The molecule has 0 aliphatic carbocycles. The number of allylic oxidation sites excluding steroid dienone is 5. The minimum Gasteiger partial charge on any atom is -0.423 e. The Morgan fingerprint density at radius 3 is 2.35 bits per heavy atom. The van der Waals surface area contributed by atoms with E-state index in [1.165, 1.54) is 17.4 Å². The van der Waals surface area contributed by atoms with Gasteiger partial charge in [0.2, 0.25) is 0 Å². The van der Waals surface area contributed by atoms with Crippen molar-refractivity contribution < 1.29 is 9.53 Å².